The molecule has 0 bridgehead atoms. The molecule has 88 valence electrons. The van der Waals surface area contributed by atoms with Crippen LogP contribution in [0.4, 0.5) is 0 Å². The third kappa shape index (κ3) is 2.21. The smallest absolute Gasteiger partial charge is 0.121 e. The van der Waals surface area contributed by atoms with Gasteiger partial charge in [-0.2, -0.15) is 0 Å². The standard InChI is InChI=1S/C14H22N2/c1-5-9(3)12(6-2)15-14-7-10(4)11-8-13(11)16-14/h6-7,9,11-13H,2,5,8H2,1,3-4H3,(H,15,16). The molecule has 0 radical (unpaired) electrons. The van der Waals surface area contributed by atoms with Crippen molar-refractivity contribution in [3.05, 3.63) is 24.3 Å². The van der Waals surface area contributed by atoms with Crippen molar-refractivity contribution in [2.24, 2.45) is 16.8 Å². The number of hydrogen-bond donors (Lipinski definition) is 1. The molecule has 2 aliphatic rings. The Labute approximate surface area is 98.5 Å². The van der Waals surface area contributed by atoms with Crippen molar-refractivity contribution in [2.45, 2.75) is 45.7 Å². The minimum absolute atomic E-state index is 0.336. The number of aliphatic imine (C=N–C) groups is 1. The van der Waals surface area contributed by atoms with Crippen LogP contribution in [0.5, 0.6) is 0 Å². The summed E-state index contributed by atoms with van der Waals surface area (Å²) in [6, 6.07) is 0.901. The largest absolute Gasteiger partial charge is 0.364 e. The minimum Gasteiger partial charge on any atom is -0.364 e. The Bertz CT molecular complexity index is 341. The van der Waals surface area contributed by atoms with Gasteiger partial charge in [0.05, 0.1) is 6.04 Å². The molecule has 4 atom stereocenters. The Morgan fingerprint density at radius 3 is 3.00 bits per heavy atom. The fraction of sp³-hybridized carbons (Fsp3) is 0.643. The highest BCUT2D eigenvalue weighted by Gasteiger charge is 2.40. The topological polar surface area (TPSA) is 24.4 Å². The van der Waals surface area contributed by atoms with Crippen molar-refractivity contribution in [1.82, 2.24) is 5.32 Å². The predicted molar refractivity (Wildman–Crippen MR) is 69.7 cm³/mol. The van der Waals surface area contributed by atoms with Crippen LogP contribution in [-0.4, -0.2) is 17.9 Å². The number of dihydropyridines is 1. The van der Waals surface area contributed by atoms with Gasteiger partial charge in [0.25, 0.3) is 0 Å². The number of hydrogen-bond acceptors (Lipinski definition) is 2. The highest BCUT2D eigenvalue weighted by atomic mass is 15.1. The molecule has 16 heavy (non-hydrogen) atoms. The van der Waals surface area contributed by atoms with Crippen molar-refractivity contribution in [3.8, 4) is 0 Å². The van der Waals surface area contributed by atoms with E-state index in [9.17, 15) is 0 Å². The zero-order valence-corrected chi connectivity index (χ0v) is 10.5. The number of nitrogens with one attached hydrogen (secondary N) is 1. The summed E-state index contributed by atoms with van der Waals surface area (Å²) in [4.78, 5) is 4.69. The van der Waals surface area contributed by atoms with Crippen LogP contribution in [0, 0.1) is 11.8 Å². The molecule has 0 amide bonds. The first-order chi connectivity index (χ1) is 7.65. The van der Waals surface area contributed by atoms with E-state index < -0.39 is 0 Å². The lowest BCUT2D eigenvalue weighted by Crippen LogP contribution is -2.37. The van der Waals surface area contributed by atoms with Crippen molar-refractivity contribution >= 4 is 5.84 Å². The van der Waals surface area contributed by atoms with E-state index in [1.807, 2.05) is 6.08 Å². The van der Waals surface area contributed by atoms with E-state index in [0.717, 1.165) is 18.2 Å². The molecule has 0 aromatic rings. The van der Waals surface area contributed by atoms with Gasteiger partial charge in [-0.3, -0.25) is 4.99 Å². The van der Waals surface area contributed by atoms with Gasteiger partial charge in [0.1, 0.15) is 5.84 Å². The van der Waals surface area contributed by atoms with Gasteiger partial charge < -0.3 is 5.32 Å². The van der Waals surface area contributed by atoms with E-state index >= 15 is 0 Å². The second-order valence-corrected chi connectivity index (χ2v) is 5.10. The maximum absolute atomic E-state index is 4.69. The molecule has 0 spiro atoms. The molecule has 4 unspecified atom stereocenters. The summed E-state index contributed by atoms with van der Waals surface area (Å²) in [6.45, 7) is 10.6. The lowest BCUT2D eigenvalue weighted by Gasteiger charge is -2.23. The lowest BCUT2D eigenvalue weighted by atomic mass is 9.99. The van der Waals surface area contributed by atoms with Crippen molar-refractivity contribution in [3.63, 3.8) is 0 Å². The minimum atomic E-state index is 0.336. The van der Waals surface area contributed by atoms with Crippen LogP contribution in [-0.2, 0) is 0 Å². The van der Waals surface area contributed by atoms with Crippen LogP contribution in [0.2, 0.25) is 0 Å². The Hall–Kier alpha value is -1.05. The van der Waals surface area contributed by atoms with E-state index in [2.05, 4.69) is 38.7 Å². The second-order valence-electron chi connectivity index (χ2n) is 5.10. The predicted octanol–water partition coefficient (Wildman–Crippen LogP) is 2.92. The molecule has 2 heteroatoms. The van der Waals surface area contributed by atoms with Gasteiger partial charge in [0, 0.05) is 12.0 Å². The summed E-state index contributed by atoms with van der Waals surface area (Å²) in [7, 11) is 0. The zero-order chi connectivity index (χ0) is 11.7. The van der Waals surface area contributed by atoms with Crippen LogP contribution in [0.15, 0.2) is 29.3 Å². The first-order valence-corrected chi connectivity index (χ1v) is 6.30. The Morgan fingerprint density at radius 2 is 2.44 bits per heavy atom. The Kier molecular flexibility index (Phi) is 3.17. The fourth-order valence-electron chi connectivity index (χ4n) is 2.29. The number of fused-ring (bicyclic) bond motifs is 1. The molecular weight excluding hydrogens is 196 g/mol. The quantitative estimate of drug-likeness (QED) is 0.721. The summed E-state index contributed by atoms with van der Waals surface area (Å²) in [5, 5.41) is 3.50. The maximum Gasteiger partial charge on any atom is 0.121 e. The van der Waals surface area contributed by atoms with Crippen molar-refractivity contribution in [1.29, 1.82) is 0 Å². The van der Waals surface area contributed by atoms with Gasteiger partial charge in [-0.1, -0.05) is 31.9 Å². The maximum atomic E-state index is 4.69. The molecule has 1 aliphatic carbocycles. The van der Waals surface area contributed by atoms with Gasteiger partial charge in [0.15, 0.2) is 0 Å². The van der Waals surface area contributed by atoms with Crippen LogP contribution in [0.25, 0.3) is 0 Å². The molecule has 1 fully saturated rings. The number of nitrogens with zero attached hydrogens (tertiary/aromatic N) is 1. The number of amidine groups is 1. The van der Waals surface area contributed by atoms with Gasteiger partial charge in [-0.05, 0) is 25.3 Å². The molecule has 0 saturated heterocycles. The van der Waals surface area contributed by atoms with Crippen molar-refractivity contribution < 1.29 is 0 Å². The van der Waals surface area contributed by atoms with E-state index in [-0.39, 0.29) is 0 Å². The monoisotopic (exact) mass is 218 g/mol. The average molecular weight is 218 g/mol. The average Bonchev–Trinajstić information content (AvgIpc) is 3.04. The summed E-state index contributed by atoms with van der Waals surface area (Å²) in [5.74, 6) is 2.41. The van der Waals surface area contributed by atoms with Crippen molar-refractivity contribution in [2.75, 3.05) is 0 Å². The van der Waals surface area contributed by atoms with Gasteiger partial charge in [0.2, 0.25) is 0 Å². The number of rotatable bonds is 4. The summed E-state index contributed by atoms with van der Waals surface area (Å²) >= 11 is 0. The first-order valence-electron chi connectivity index (χ1n) is 6.30. The Morgan fingerprint density at radius 1 is 1.69 bits per heavy atom. The van der Waals surface area contributed by atoms with Gasteiger partial charge in [-0.25, -0.2) is 0 Å². The van der Waals surface area contributed by atoms with Crippen LogP contribution < -0.4 is 5.32 Å². The van der Waals surface area contributed by atoms with Gasteiger partial charge in [-0.15, -0.1) is 6.58 Å². The molecule has 1 N–H and O–H groups in total. The highest BCUT2D eigenvalue weighted by molar-refractivity contribution is 5.95. The normalized spacial score (nSPS) is 30.7. The van der Waals surface area contributed by atoms with Gasteiger partial charge >= 0.3 is 0 Å². The third-order valence-electron chi connectivity index (χ3n) is 3.84. The molecule has 1 saturated carbocycles. The second kappa shape index (κ2) is 4.44. The Balaban J connectivity index is 2.01. The lowest BCUT2D eigenvalue weighted by molar-refractivity contribution is 0.471. The molecule has 0 aromatic heterocycles. The summed E-state index contributed by atoms with van der Waals surface area (Å²) < 4.78 is 0. The zero-order valence-electron chi connectivity index (χ0n) is 10.5. The van der Waals surface area contributed by atoms with E-state index in [4.69, 9.17) is 4.99 Å². The molecule has 0 aromatic carbocycles. The molecule has 2 rings (SSSR count). The first kappa shape index (κ1) is 11.4. The fourth-order valence-corrected chi connectivity index (χ4v) is 2.29. The van der Waals surface area contributed by atoms with E-state index in [0.29, 0.717) is 18.0 Å². The third-order valence-corrected chi connectivity index (χ3v) is 3.84. The molecule has 1 aliphatic heterocycles. The SMILES string of the molecule is C=CC(NC1=NC2CC2C(C)=C1)C(C)CC. The highest BCUT2D eigenvalue weighted by Crippen LogP contribution is 2.42. The van der Waals surface area contributed by atoms with E-state index in [1.54, 1.807) is 0 Å². The summed E-state index contributed by atoms with van der Waals surface area (Å²) in [5.41, 5.74) is 1.48. The molecule has 1 heterocycles. The van der Waals surface area contributed by atoms with Crippen LogP contribution in [0.3, 0.4) is 0 Å². The molecular formula is C14H22N2. The van der Waals surface area contributed by atoms with Crippen LogP contribution >= 0.6 is 0 Å². The summed E-state index contributed by atoms with van der Waals surface area (Å²) in [6.07, 6.45) is 6.60. The van der Waals surface area contributed by atoms with E-state index in [1.165, 1.54) is 12.0 Å². The van der Waals surface area contributed by atoms with Crippen LogP contribution in [0.1, 0.15) is 33.6 Å². The molecule has 2 nitrogen and oxygen atoms in total.